The van der Waals surface area contributed by atoms with E-state index in [2.05, 4.69) is 11.1 Å². The lowest BCUT2D eigenvalue weighted by Crippen LogP contribution is -2.40. The van der Waals surface area contributed by atoms with Crippen molar-refractivity contribution in [1.82, 2.24) is 4.57 Å². The van der Waals surface area contributed by atoms with Crippen molar-refractivity contribution < 1.29 is 23.7 Å². The van der Waals surface area contributed by atoms with Gasteiger partial charge in [0.15, 0.2) is 16.3 Å². The molecule has 5 rings (SSSR count). The van der Waals surface area contributed by atoms with Gasteiger partial charge in [-0.2, -0.15) is 5.26 Å². The zero-order valence-corrected chi connectivity index (χ0v) is 25.3. The van der Waals surface area contributed by atoms with E-state index in [0.29, 0.717) is 54.0 Å². The zero-order valence-electron chi connectivity index (χ0n) is 23.7. The third-order valence-corrected chi connectivity index (χ3v) is 8.14. The lowest BCUT2D eigenvalue weighted by atomic mass is 9.95. The Morgan fingerprint density at radius 1 is 1.07 bits per heavy atom. The highest BCUT2D eigenvalue weighted by Gasteiger charge is 2.35. The van der Waals surface area contributed by atoms with E-state index < -0.39 is 12.0 Å². The first-order chi connectivity index (χ1) is 20.8. The monoisotopic (exact) mass is 615 g/mol. The number of carbonyl (C=O) groups excluding carboxylic acids is 1. The van der Waals surface area contributed by atoms with E-state index in [0.717, 1.165) is 5.56 Å². The molecule has 43 heavy (non-hydrogen) atoms. The Morgan fingerprint density at radius 3 is 2.53 bits per heavy atom. The summed E-state index contributed by atoms with van der Waals surface area (Å²) >= 11 is 7.54. The standard InChI is InChI=1S/C32H26ClN3O6S/c1-18-28(31(38)41-4)29(23-15-22(33)10-12-24(23)39-2)36-30(37)27(43-32(36)35-18)14-19-9-11-25(26(13-19)40-3)42-17-21-8-6-5-7-20(21)16-34/h5-15,29H,17H2,1-4H3/b27-14-/t29-/m0/s1. The molecule has 0 unspecified atom stereocenters. The van der Waals surface area contributed by atoms with E-state index in [1.54, 1.807) is 61.5 Å². The maximum atomic E-state index is 13.9. The molecule has 0 spiro atoms. The molecule has 1 aliphatic rings. The Bertz CT molecular complexity index is 1990. The number of methoxy groups -OCH3 is 3. The normalized spacial score (nSPS) is 14.4. The first kappa shape index (κ1) is 29.6. The Kier molecular flexibility index (Phi) is 8.66. The highest BCUT2D eigenvalue weighted by Crippen LogP contribution is 2.37. The zero-order chi connectivity index (χ0) is 30.7. The van der Waals surface area contributed by atoms with Crippen LogP contribution in [0.2, 0.25) is 5.02 Å². The molecule has 0 fully saturated rings. The molecule has 0 radical (unpaired) electrons. The fourth-order valence-corrected chi connectivity index (χ4v) is 6.09. The molecule has 2 heterocycles. The van der Waals surface area contributed by atoms with Crippen LogP contribution in [0.4, 0.5) is 0 Å². The number of ether oxygens (including phenoxy) is 4. The molecule has 0 bridgehead atoms. The summed E-state index contributed by atoms with van der Waals surface area (Å²) in [7, 11) is 4.31. The van der Waals surface area contributed by atoms with Crippen molar-refractivity contribution in [1.29, 1.82) is 5.26 Å². The average Bonchev–Trinajstić information content (AvgIpc) is 3.32. The second-order valence-corrected chi connectivity index (χ2v) is 10.9. The van der Waals surface area contributed by atoms with Gasteiger partial charge in [0.2, 0.25) is 0 Å². The van der Waals surface area contributed by atoms with Crippen LogP contribution in [0.3, 0.4) is 0 Å². The largest absolute Gasteiger partial charge is 0.496 e. The number of hydrogen-bond donors (Lipinski definition) is 0. The fraction of sp³-hybridized carbons (Fsp3) is 0.188. The number of nitrogens with zero attached hydrogens (tertiary/aromatic N) is 3. The molecule has 1 aromatic heterocycles. The van der Waals surface area contributed by atoms with Crippen molar-refractivity contribution in [3.8, 4) is 23.3 Å². The minimum absolute atomic E-state index is 0.187. The van der Waals surface area contributed by atoms with Gasteiger partial charge in [0.1, 0.15) is 18.4 Å². The predicted octanol–water partition coefficient (Wildman–Crippen LogP) is 4.53. The lowest BCUT2D eigenvalue weighted by Gasteiger charge is -2.25. The number of aromatic nitrogens is 1. The number of fused-ring (bicyclic) bond motifs is 1. The van der Waals surface area contributed by atoms with E-state index in [9.17, 15) is 14.9 Å². The molecule has 3 aromatic carbocycles. The number of carbonyl (C=O) groups is 1. The molecular formula is C32H26ClN3O6S. The minimum Gasteiger partial charge on any atom is -0.496 e. The predicted molar refractivity (Wildman–Crippen MR) is 162 cm³/mol. The third-order valence-electron chi connectivity index (χ3n) is 6.92. The van der Waals surface area contributed by atoms with Gasteiger partial charge in [0, 0.05) is 16.1 Å². The summed E-state index contributed by atoms with van der Waals surface area (Å²) in [4.78, 5) is 31.9. The number of hydrogen-bond acceptors (Lipinski definition) is 9. The van der Waals surface area contributed by atoms with Crippen LogP contribution in [-0.2, 0) is 16.1 Å². The van der Waals surface area contributed by atoms with E-state index >= 15 is 0 Å². The second kappa shape index (κ2) is 12.6. The maximum absolute atomic E-state index is 13.9. The molecule has 218 valence electrons. The maximum Gasteiger partial charge on any atom is 0.338 e. The molecule has 1 aliphatic heterocycles. The Balaban J connectivity index is 1.58. The topological polar surface area (TPSA) is 112 Å². The first-order valence-corrected chi connectivity index (χ1v) is 14.2. The van der Waals surface area contributed by atoms with Crippen LogP contribution in [0.25, 0.3) is 6.08 Å². The van der Waals surface area contributed by atoms with Gasteiger partial charge in [-0.15, -0.1) is 0 Å². The van der Waals surface area contributed by atoms with Crippen LogP contribution in [0, 0.1) is 11.3 Å². The molecule has 0 saturated heterocycles. The SMILES string of the molecule is COC(=O)C1=C(C)N=c2s/c(=C\c3ccc(OCc4ccccc4C#N)c(OC)c3)c(=O)n2[C@H]1c1cc(Cl)ccc1OC. The summed E-state index contributed by atoms with van der Waals surface area (Å²) in [6.07, 6.45) is 1.73. The number of halogens is 1. The number of rotatable bonds is 8. The summed E-state index contributed by atoms with van der Waals surface area (Å²) in [6, 6.07) is 18.8. The van der Waals surface area contributed by atoms with Crippen LogP contribution in [0.1, 0.15) is 35.2 Å². The van der Waals surface area contributed by atoms with Gasteiger partial charge in [-0.05, 0) is 55.0 Å². The van der Waals surface area contributed by atoms with Crippen LogP contribution in [0.5, 0.6) is 17.2 Å². The molecule has 0 saturated carbocycles. The van der Waals surface area contributed by atoms with Crippen LogP contribution in [-0.4, -0.2) is 31.9 Å². The molecule has 0 N–H and O–H groups in total. The van der Waals surface area contributed by atoms with Crippen molar-refractivity contribution in [2.24, 2.45) is 4.99 Å². The van der Waals surface area contributed by atoms with Gasteiger partial charge in [-0.1, -0.05) is 47.2 Å². The van der Waals surface area contributed by atoms with E-state index in [1.807, 2.05) is 12.1 Å². The molecule has 1 atom stereocenters. The Morgan fingerprint density at radius 2 is 1.81 bits per heavy atom. The van der Waals surface area contributed by atoms with Crippen molar-refractivity contribution in [3.63, 3.8) is 0 Å². The number of nitriles is 1. The van der Waals surface area contributed by atoms with E-state index in [1.165, 1.54) is 37.2 Å². The number of benzene rings is 3. The smallest absolute Gasteiger partial charge is 0.338 e. The van der Waals surface area contributed by atoms with Crippen molar-refractivity contribution in [3.05, 3.63) is 119 Å². The summed E-state index contributed by atoms with van der Waals surface area (Å²) in [5.41, 5.74) is 2.79. The molecule has 0 aliphatic carbocycles. The van der Waals surface area contributed by atoms with Crippen molar-refractivity contribution >= 4 is 35.0 Å². The van der Waals surface area contributed by atoms with Gasteiger partial charge >= 0.3 is 5.97 Å². The molecule has 4 aromatic rings. The fourth-order valence-electron chi connectivity index (χ4n) is 4.86. The summed E-state index contributed by atoms with van der Waals surface area (Å²) in [5, 5.41) is 9.78. The average molecular weight is 616 g/mol. The van der Waals surface area contributed by atoms with Gasteiger partial charge in [0.05, 0.1) is 48.8 Å². The van der Waals surface area contributed by atoms with E-state index in [-0.39, 0.29) is 17.7 Å². The molecular weight excluding hydrogens is 590 g/mol. The quantitative estimate of drug-likeness (QED) is 0.268. The molecule has 0 amide bonds. The number of allylic oxidation sites excluding steroid dienone is 1. The minimum atomic E-state index is -0.874. The van der Waals surface area contributed by atoms with Crippen molar-refractivity contribution in [2.75, 3.05) is 21.3 Å². The molecule has 9 nitrogen and oxygen atoms in total. The highest BCUT2D eigenvalue weighted by molar-refractivity contribution is 7.07. The third kappa shape index (κ3) is 5.78. The number of esters is 1. The summed E-state index contributed by atoms with van der Waals surface area (Å²) < 4.78 is 24.0. The van der Waals surface area contributed by atoms with Gasteiger partial charge in [-0.3, -0.25) is 9.36 Å². The highest BCUT2D eigenvalue weighted by atomic mass is 35.5. The van der Waals surface area contributed by atoms with Gasteiger partial charge in [0.25, 0.3) is 5.56 Å². The Hall–Kier alpha value is -4.85. The lowest BCUT2D eigenvalue weighted by molar-refractivity contribution is -0.136. The van der Waals surface area contributed by atoms with Crippen LogP contribution < -0.4 is 29.1 Å². The van der Waals surface area contributed by atoms with Crippen LogP contribution in [0.15, 0.2) is 81.7 Å². The summed E-state index contributed by atoms with van der Waals surface area (Å²) in [5.74, 6) is 0.791. The number of thiazole rings is 1. The Labute approximate surface area is 256 Å². The van der Waals surface area contributed by atoms with Crippen LogP contribution >= 0.6 is 22.9 Å². The summed E-state index contributed by atoms with van der Waals surface area (Å²) in [6.45, 7) is 1.89. The first-order valence-electron chi connectivity index (χ1n) is 13.0. The van der Waals surface area contributed by atoms with E-state index in [4.69, 9.17) is 30.5 Å². The van der Waals surface area contributed by atoms with Gasteiger partial charge in [-0.25, -0.2) is 9.79 Å². The second-order valence-electron chi connectivity index (χ2n) is 9.43. The van der Waals surface area contributed by atoms with Crippen molar-refractivity contribution in [2.45, 2.75) is 19.6 Å². The van der Waals surface area contributed by atoms with Gasteiger partial charge < -0.3 is 18.9 Å². The molecule has 11 heteroatoms.